The summed E-state index contributed by atoms with van der Waals surface area (Å²) in [6.07, 6.45) is 3.92. The van der Waals surface area contributed by atoms with Crippen molar-refractivity contribution in [2.75, 3.05) is 26.2 Å². The molecule has 1 saturated heterocycles. The summed E-state index contributed by atoms with van der Waals surface area (Å²) in [7, 11) is 0. The van der Waals surface area contributed by atoms with E-state index in [2.05, 4.69) is 55.3 Å². The molecule has 1 aliphatic heterocycles. The van der Waals surface area contributed by atoms with E-state index in [0.29, 0.717) is 5.92 Å². The molecule has 0 spiro atoms. The van der Waals surface area contributed by atoms with Gasteiger partial charge in [-0.2, -0.15) is 0 Å². The van der Waals surface area contributed by atoms with Crippen molar-refractivity contribution in [3.63, 3.8) is 0 Å². The smallest absolute Gasteiger partial charge is 0.0233 e. The van der Waals surface area contributed by atoms with Crippen molar-refractivity contribution in [2.24, 2.45) is 5.92 Å². The third-order valence-electron chi connectivity index (χ3n) is 4.57. The zero-order valence-corrected chi connectivity index (χ0v) is 14.1. The van der Waals surface area contributed by atoms with Crippen LogP contribution in [-0.4, -0.2) is 31.1 Å². The van der Waals surface area contributed by atoms with Gasteiger partial charge in [0.25, 0.3) is 0 Å². The van der Waals surface area contributed by atoms with E-state index >= 15 is 0 Å². The van der Waals surface area contributed by atoms with Gasteiger partial charge in [-0.3, -0.25) is 4.90 Å². The summed E-state index contributed by atoms with van der Waals surface area (Å²) in [5.41, 5.74) is 2.90. The van der Waals surface area contributed by atoms with Gasteiger partial charge in [0, 0.05) is 13.1 Å². The highest BCUT2D eigenvalue weighted by molar-refractivity contribution is 5.24. The topological polar surface area (TPSA) is 15.3 Å². The van der Waals surface area contributed by atoms with Gasteiger partial charge in [-0.15, -0.1) is 0 Å². The fraction of sp³-hybridized carbons (Fsp3) is 0.684. The van der Waals surface area contributed by atoms with Crippen LogP contribution in [0.2, 0.25) is 0 Å². The predicted octanol–water partition coefficient (Wildman–Crippen LogP) is 4.02. The highest BCUT2D eigenvalue weighted by atomic mass is 15.1. The van der Waals surface area contributed by atoms with Crippen LogP contribution in [0.1, 0.15) is 57.1 Å². The lowest BCUT2D eigenvalue weighted by atomic mass is 9.97. The van der Waals surface area contributed by atoms with Crippen molar-refractivity contribution in [2.45, 2.75) is 52.5 Å². The molecule has 2 nitrogen and oxygen atoms in total. The minimum absolute atomic E-state index is 0.625. The molecule has 0 bridgehead atoms. The first-order valence-electron chi connectivity index (χ1n) is 8.71. The summed E-state index contributed by atoms with van der Waals surface area (Å²) in [5.74, 6) is 1.51. The molecule has 0 saturated carbocycles. The third-order valence-corrected chi connectivity index (χ3v) is 4.57. The van der Waals surface area contributed by atoms with Crippen molar-refractivity contribution >= 4 is 0 Å². The van der Waals surface area contributed by atoms with Gasteiger partial charge in [0.2, 0.25) is 0 Å². The Balaban J connectivity index is 1.91. The van der Waals surface area contributed by atoms with Crippen LogP contribution in [0.15, 0.2) is 24.3 Å². The van der Waals surface area contributed by atoms with E-state index in [1.165, 1.54) is 56.6 Å². The maximum absolute atomic E-state index is 3.47. The monoisotopic (exact) mass is 288 g/mol. The van der Waals surface area contributed by atoms with Gasteiger partial charge in [0.05, 0.1) is 0 Å². The van der Waals surface area contributed by atoms with Crippen LogP contribution in [0.5, 0.6) is 0 Å². The second-order valence-corrected chi connectivity index (χ2v) is 6.82. The number of nitrogens with zero attached hydrogens (tertiary/aromatic N) is 1. The normalized spacial score (nSPS) is 16.8. The number of piperidine rings is 1. The number of nitrogens with one attached hydrogen (secondary N) is 1. The standard InChI is InChI=1S/C19H32N2/c1-4-13-21(15-18-9-11-20-12-10-18)14-17-5-7-19(8-6-17)16(2)3/h5-8,16,18,20H,4,9-15H2,1-3H3. The van der Waals surface area contributed by atoms with Gasteiger partial charge >= 0.3 is 0 Å². The second-order valence-electron chi connectivity index (χ2n) is 6.82. The Hall–Kier alpha value is -0.860. The minimum Gasteiger partial charge on any atom is -0.317 e. The van der Waals surface area contributed by atoms with Crippen molar-refractivity contribution < 1.29 is 0 Å². The van der Waals surface area contributed by atoms with Crippen molar-refractivity contribution in [1.29, 1.82) is 0 Å². The lowest BCUT2D eigenvalue weighted by Gasteiger charge is -2.30. The molecule has 1 N–H and O–H groups in total. The van der Waals surface area contributed by atoms with Crippen molar-refractivity contribution in [3.8, 4) is 0 Å². The van der Waals surface area contributed by atoms with E-state index in [1.807, 2.05) is 0 Å². The number of hydrogen-bond acceptors (Lipinski definition) is 2. The lowest BCUT2D eigenvalue weighted by Crippen LogP contribution is -2.36. The molecule has 0 aromatic heterocycles. The highest BCUT2D eigenvalue weighted by Crippen LogP contribution is 2.18. The molecule has 0 aliphatic carbocycles. The maximum atomic E-state index is 3.47. The molecular formula is C19H32N2. The van der Waals surface area contributed by atoms with Gasteiger partial charge in [-0.1, -0.05) is 45.0 Å². The Morgan fingerprint density at radius 3 is 2.38 bits per heavy atom. The van der Waals surface area contributed by atoms with E-state index in [1.54, 1.807) is 0 Å². The SMILES string of the molecule is CCCN(Cc1ccc(C(C)C)cc1)CC1CCNCC1. The van der Waals surface area contributed by atoms with E-state index in [4.69, 9.17) is 0 Å². The van der Waals surface area contributed by atoms with Gasteiger partial charge in [-0.05, 0) is 61.9 Å². The van der Waals surface area contributed by atoms with E-state index in [9.17, 15) is 0 Å². The molecule has 0 unspecified atom stereocenters. The average molecular weight is 288 g/mol. The zero-order chi connectivity index (χ0) is 15.1. The Labute approximate surface area is 130 Å². The summed E-state index contributed by atoms with van der Waals surface area (Å²) in [6, 6.07) is 9.24. The largest absolute Gasteiger partial charge is 0.317 e. The Kier molecular flexibility index (Phi) is 6.72. The van der Waals surface area contributed by atoms with Crippen LogP contribution in [0.4, 0.5) is 0 Å². The van der Waals surface area contributed by atoms with Gasteiger partial charge in [0.15, 0.2) is 0 Å². The molecule has 0 amide bonds. The molecular weight excluding hydrogens is 256 g/mol. The lowest BCUT2D eigenvalue weighted by molar-refractivity contribution is 0.199. The fourth-order valence-electron chi connectivity index (χ4n) is 3.25. The highest BCUT2D eigenvalue weighted by Gasteiger charge is 2.16. The first-order chi connectivity index (χ1) is 10.2. The number of benzene rings is 1. The van der Waals surface area contributed by atoms with Crippen molar-refractivity contribution in [3.05, 3.63) is 35.4 Å². The molecule has 1 fully saturated rings. The number of hydrogen-bond donors (Lipinski definition) is 1. The summed E-state index contributed by atoms with van der Waals surface area (Å²) < 4.78 is 0. The van der Waals surface area contributed by atoms with Crippen LogP contribution in [0.3, 0.4) is 0 Å². The second kappa shape index (κ2) is 8.55. The van der Waals surface area contributed by atoms with Crippen LogP contribution >= 0.6 is 0 Å². The first-order valence-corrected chi connectivity index (χ1v) is 8.71. The van der Waals surface area contributed by atoms with Gasteiger partial charge in [-0.25, -0.2) is 0 Å². The van der Waals surface area contributed by atoms with Crippen LogP contribution in [0, 0.1) is 5.92 Å². The molecule has 1 heterocycles. The molecule has 118 valence electrons. The summed E-state index contributed by atoms with van der Waals surface area (Å²) in [5, 5.41) is 3.47. The molecule has 1 aromatic carbocycles. The molecule has 1 aliphatic rings. The van der Waals surface area contributed by atoms with Crippen LogP contribution < -0.4 is 5.32 Å². The van der Waals surface area contributed by atoms with E-state index < -0.39 is 0 Å². The molecule has 2 heteroatoms. The molecule has 0 atom stereocenters. The fourth-order valence-corrected chi connectivity index (χ4v) is 3.25. The summed E-state index contributed by atoms with van der Waals surface area (Å²) in [4.78, 5) is 2.65. The number of rotatable bonds is 7. The predicted molar refractivity (Wildman–Crippen MR) is 91.7 cm³/mol. The van der Waals surface area contributed by atoms with Gasteiger partial charge < -0.3 is 5.32 Å². The third kappa shape index (κ3) is 5.44. The molecule has 21 heavy (non-hydrogen) atoms. The summed E-state index contributed by atoms with van der Waals surface area (Å²) in [6.45, 7) is 12.8. The molecule has 0 radical (unpaired) electrons. The Bertz CT molecular complexity index is 391. The van der Waals surface area contributed by atoms with Crippen molar-refractivity contribution in [1.82, 2.24) is 10.2 Å². The minimum atomic E-state index is 0.625. The average Bonchev–Trinajstić information content (AvgIpc) is 2.49. The van der Waals surface area contributed by atoms with Gasteiger partial charge in [0.1, 0.15) is 0 Å². The Morgan fingerprint density at radius 2 is 1.81 bits per heavy atom. The zero-order valence-electron chi connectivity index (χ0n) is 14.1. The summed E-state index contributed by atoms with van der Waals surface area (Å²) >= 11 is 0. The first kappa shape index (κ1) is 16.5. The van der Waals surface area contributed by atoms with Crippen LogP contribution in [-0.2, 0) is 6.54 Å². The van der Waals surface area contributed by atoms with E-state index in [0.717, 1.165) is 12.5 Å². The molecule has 2 rings (SSSR count). The maximum Gasteiger partial charge on any atom is 0.0233 e. The Morgan fingerprint density at radius 1 is 1.14 bits per heavy atom. The van der Waals surface area contributed by atoms with E-state index in [-0.39, 0.29) is 0 Å². The van der Waals surface area contributed by atoms with Crippen LogP contribution in [0.25, 0.3) is 0 Å². The quantitative estimate of drug-likeness (QED) is 0.815. The molecule has 1 aromatic rings.